The lowest BCUT2D eigenvalue weighted by atomic mass is 10.2. The molecule has 8 nitrogen and oxygen atoms in total. The zero-order valence-corrected chi connectivity index (χ0v) is 13.5. The summed E-state index contributed by atoms with van der Waals surface area (Å²) in [5, 5.41) is 31.5. The zero-order valence-electron chi connectivity index (χ0n) is 11.1. The normalized spacial score (nSPS) is 10.9. The summed E-state index contributed by atoms with van der Waals surface area (Å²) in [4.78, 5) is 24.3. The number of nitro groups is 2. The van der Waals surface area contributed by atoms with Gasteiger partial charge >= 0.3 is 0 Å². The van der Waals surface area contributed by atoms with Crippen LogP contribution in [0.3, 0.4) is 0 Å². The van der Waals surface area contributed by atoms with Gasteiger partial charge in [0.15, 0.2) is 0 Å². The quantitative estimate of drug-likeness (QED) is 0.464. The first-order valence-electron chi connectivity index (χ1n) is 5.94. The fourth-order valence-electron chi connectivity index (χ4n) is 1.67. The first kappa shape index (κ1) is 16.8. The summed E-state index contributed by atoms with van der Waals surface area (Å²) < 4.78 is 0.134. The molecule has 0 atom stereocenters. The van der Waals surface area contributed by atoms with E-state index in [1.54, 1.807) is 0 Å². The number of halogens is 2. The Bertz CT molecular complexity index is 841. The van der Waals surface area contributed by atoms with E-state index in [-0.39, 0.29) is 37.9 Å². The van der Waals surface area contributed by atoms with Crippen molar-refractivity contribution in [2.75, 3.05) is 0 Å². The SMILES string of the molecule is O=[N+]([O-])c1cc(Br)c(O)c(C=Nc2ccc(Cl)c([N+](=O)[O-])c2)c1. The number of rotatable bonds is 4. The number of phenols is 1. The number of hydrogen-bond donors (Lipinski definition) is 1. The van der Waals surface area contributed by atoms with E-state index in [2.05, 4.69) is 20.9 Å². The van der Waals surface area contributed by atoms with Crippen LogP contribution in [-0.4, -0.2) is 21.2 Å². The highest BCUT2D eigenvalue weighted by molar-refractivity contribution is 9.10. The number of aromatic hydroxyl groups is 1. The third-order valence-electron chi connectivity index (χ3n) is 2.77. The monoisotopic (exact) mass is 399 g/mol. The van der Waals surface area contributed by atoms with Gasteiger partial charge in [-0.3, -0.25) is 25.2 Å². The second-order valence-electron chi connectivity index (χ2n) is 4.27. The molecular formula is C13H7BrClN3O5. The Labute approximate surface area is 142 Å². The van der Waals surface area contributed by atoms with Crippen LogP contribution in [-0.2, 0) is 0 Å². The zero-order chi connectivity index (χ0) is 17.1. The maximum atomic E-state index is 10.8. The summed E-state index contributed by atoms with van der Waals surface area (Å²) in [6, 6.07) is 6.20. The average Bonchev–Trinajstić information content (AvgIpc) is 2.49. The summed E-state index contributed by atoms with van der Waals surface area (Å²) in [6.07, 6.45) is 1.17. The Hall–Kier alpha value is -2.52. The van der Waals surface area contributed by atoms with E-state index in [0.717, 1.165) is 18.2 Å². The van der Waals surface area contributed by atoms with E-state index in [4.69, 9.17) is 11.6 Å². The number of aliphatic imine (C=N–C) groups is 1. The third-order valence-corrected chi connectivity index (χ3v) is 3.69. The van der Waals surface area contributed by atoms with E-state index in [0.29, 0.717) is 0 Å². The Kier molecular flexibility index (Phi) is 4.92. The Morgan fingerprint density at radius 1 is 1.17 bits per heavy atom. The van der Waals surface area contributed by atoms with E-state index in [1.807, 2.05) is 0 Å². The van der Waals surface area contributed by atoms with Gasteiger partial charge in [0.1, 0.15) is 10.8 Å². The lowest BCUT2D eigenvalue weighted by Gasteiger charge is -2.02. The molecule has 0 aliphatic rings. The molecule has 118 valence electrons. The van der Waals surface area contributed by atoms with Crippen LogP contribution in [0.1, 0.15) is 5.56 Å². The van der Waals surface area contributed by atoms with Gasteiger partial charge in [-0.25, -0.2) is 0 Å². The Morgan fingerprint density at radius 3 is 2.48 bits per heavy atom. The third kappa shape index (κ3) is 3.82. The van der Waals surface area contributed by atoms with Gasteiger partial charge in [0, 0.05) is 30.0 Å². The van der Waals surface area contributed by atoms with Crippen LogP contribution in [0.25, 0.3) is 0 Å². The molecule has 0 aliphatic heterocycles. The lowest BCUT2D eigenvalue weighted by Crippen LogP contribution is -1.92. The van der Waals surface area contributed by atoms with Gasteiger partial charge in [-0.05, 0) is 28.1 Å². The number of non-ortho nitro benzene ring substituents is 1. The molecule has 2 rings (SSSR count). The van der Waals surface area contributed by atoms with Gasteiger partial charge < -0.3 is 5.11 Å². The second-order valence-corrected chi connectivity index (χ2v) is 5.54. The summed E-state index contributed by atoms with van der Waals surface area (Å²) in [5.74, 6) is -0.234. The van der Waals surface area contributed by atoms with E-state index >= 15 is 0 Å². The summed E-state index contributed by atoms with van der Waals surface area (Å²) >= 11 is 8.70. The number of nitrogens with zero attached hydrogens (tertiary/aromatic N) is 3. The van der Waals surface area contributed by atoms with E-state index in [1.165, 1.54) is 18.3 Å². The molecular weight excluding hydrogens is 394 g/mol. The highest BCUT2D eigenvalue weighted by Gasteiger charge is 2.15. The van der Waals surface area contributed by atoms with Crippen LogP contribution in [0.4, 0.5) is 17.1 Å². The molecule has 2 aromatic rings. The summed E-state index contributed by atoms with van der Waals surface area (Å²) in [5.41, 5.74) is -0.254. The highest BCUT2D eigenvalue weighted by atomic mass is 79.9. The van der Waals surface area contributed by atoms with Crippen molar-refractivity contribution in [3.05, 3.63) is 65.6 Å². The van der Waals surface area contributed by atoms with Crippen LogP contribution in [0.15, 0.2) is 39.8 Å². The molecule has 0 amide bonds. The molecule has 23 heavy (non-hydrogen) atoms. The van der Waals surface area contributed by atoms with Gasteiger partial charge in [-0.1, -0.05) is 11.6 Å². The molecule has 0 aromatic heterocycles. The molecule has 1 N–H and O–H groups in total. The molecule has 0 heterocycles. The van der Waals surface area contributed by atoms with Gasteiger partial charge in [0.25, 0.3) is 11.4 Å². The van der Waals surface area contributed by atoms with Crippen molar-refractivity contribution < 1.29 is 15.0 Å². The minimum atomic E-state index is -0.650. The molecule has 0 radical (unpaired) electrons. The molecule has 2 aromatic carbocycles. The van der Waals surface area contributed by atoms with Crippen LogP contribution < -0.4 is 0 Å². The first-order valence-corrected chi connectivity index (χ1v) is 7.11. The van der Waals surface area contributed by atoms with Crippen LogP contribution in [0.5, 0.6) is 5.75 Å². The van der Waals surface area contributed by atoms with Crippen molar-refractivity contribution in [1.82, 2.24) is 0 Å². The number of phenolic OH excluding ortho intramolecular Hbond substituents is 1. The van der Waals surface area contributed by atoms with Crippen molar-refractivity contribution in [1.29, 1.82) is 0 Å². The molecule has 0 aliphatic carbocycles. The highest BCUT2D eigenvalue weighted by Crippen LogP contribution is 2.33. The molecule has 0 spiro atoms. The minimum Gasteiger partial charge on any atom is -0.506 e. The number of hydrogen-bond acceptors (Lipinski definition) is 6. The van der Waals surface area contributed by atoms with E-state index in [9.17, 15) is 25.3 Å². The van der Waals surface area contributed by atoms with Crippen LogP contribution >= 0.6 is 27.5 Å². The predicted octanol–water partition coefficient (Wildman–Crippen LogP) is 4.38. The Morgan fingerprint density at radius 2 is 1.87 bits per heavy atom. The topological polar surface area (TPSA) is 119 Å². The number of nitro benzene ring substituents is 2. The molecule has 0 bridgehead atoms. The summed E-state index contributed by atoms with van der Waals surface area (Å²) in [7, 11) is 0. The van der Waals surface area contributed by atoms with Crippen LogP contribution in [0.2, 0.25) is 5.02 Å². The molecule has 0 fully saturated rings. The standard InChI is InChI=1S/C13H7BrClN3O5/c14-10-5-9(17(20)21)3-7(13(10)19)6-16-8-1-2-11(15)12(4-8)18(22)23/h1-6,19H. The first-order chi connectivity index (χ1) is 10.8. The van der Waals surface area contributed by atoms with Gasteiger partial charge in [-0.2, -0.15) is 0 Å². The van der Waals surface area contributed by atoms with Gasteiger partial charge in [0.2, 0.25) is 0 Å². The number of benzene rings is 2. The summed E-state index contributed by atoms with van der Waals surface area (Å²) in [6.45, 7) is 0. The van der Waals surface area contributed by atoms with Crippen molar-refractivity contribution in [2.24, 2.45) is 4.99 Å². The van der Waals surface area contributed by atoms with Crippen molar-refractivity contribution in [3.8, 4) is 5.75 Å². The van der Waals surface area contributed by atoms with Crippen molar-refractivity contribution >= 4 is 50.8 Å². The van der Waals surface area contributed by atoms with Gasteiger partial charge in [0.05, 0.1) is 20.0 Å². The fraction of sp³-hybridized carbons (Fsp3) is 0. The molecule has 0 saturated heterocycles. The van der Waals surface area contributed by atoms with Crippen molar-refractivity contribution in [2.45, 2.75) is 0 Å². The fourth-order valence-corrected chi connectivity index (χ4v) is 2.32. The van der Waals surface area contributed by atoms with Crippen molar-refractivity contribution in [3.63, 3.8) is 0 Å². The maximum Gasteiger partial charge on any atom is 0.290 e. The maximum absolute atomic E-state index is 10.8. The predicted molar refractivity (Wildman–Crippen MR) is 87.8 cm³/mol. The average molecular weight is 401 g/mol. The van der Waals surface area contributed by atoms with Gasteiger partial charge in [-0.15, -0.1) is 0 Å². The minimum absolute atomic E-state index is 0.0325. The molecule has 0 unspecified atom stereocenters. The Balaban J connectivity index is 2.43. The second kappa shape index (κ2) is 6.71. The molecule has 10 heteroatoms. The lowest BCUT2D eigenvalue weighted by molar-refractivity contribution is -0.385. The van der Waals surface area contributed by atoms with Crippen LogP contribution in [0, 0.1) is 20.2 Å². The molecule has 0 saturated carbocycles. The van der Waals surface area contributed by atoms with E-state index < -0.39 is 9.85 Å². The smallest absolute Gasteiger partial charge is 0.290 e. The largest absolute Gasteiger partial charge is 0.506 e.